The van der Waals surface area contributed by atoms with E-state index in [1.165, 1.54) is 16.7 Å². The number of aromatic amines is 1. The average Bonchev–Trinajstić information content (AvgIpc) is 3.66. The van der Waals surface area contributed by atoms with E-state index in [0.29, 0.717) is 17.0 Å². The third-order valence-corrected chi connectivity index (χ3v) is 10.6. The zero-order valence-electron chi connectivity index (χ0n) is 33.2. The minimum atomic E-state index is -4.35. The number of allylic oxidation sites excluding steroid dienone is 3. The van der Waals surface area contributed by atoms with Gasteiger partial charge in [0.25, 0.3) is 0 Å². The van der Waals surface area contributed by atoms with Gasteiger partial charge in [0.1, 0.15) is 0 Å². The molecule has 5 aromatic rings. The van der Waals surface area contributed by atoms with E-state index in [0.717, 1.165) is 55.6 Å². The Morgan fingerprint density at radius 2 is 1.02 bits per heavy atom. The number of halogens is 3. The molecule has 276 valence electrons. The van der Waals surface area contributed by atoms with Crippen molar-refractivity contribution in [2.24, 2.45) is 4.99 Å². The van der Waals surface area contributed by atoms with Crippen LogP contribution in [0.5, 0.6) is 0 Å². The van der Waals surface area contributed by atoms with Crippen LogP contribution < -0.4 is 0 Å². The highest BCUT2D eigenvalue weighted by molar-refractivity contribution is 6.20. The maximum absolute atomic E-state index is 14.2. The summed E-state index contributed by atoms with van der Waals surface area (Å²) in [6.45, 7) is 23.8. The number of fused-ring (bicyclic) bond motifs is 1. The van der Waals surface area contributed by atoms with Gasteiger partial charge in [-0.15, -0.1) is 0 Å². The van der Waals surface area contributed by atoms with Crippen LogP contribution in [-0.2, 0) is 16.2 Å². The first-order chi connectivity index (χ1) is 24.6. The Bertz CT molecular complexity index is 2230. The smallest absolute Gasteiger partial charge is 0.354 e. The number of nitrogens with zero attached hydrogens (tertiary/aromatic N) is 1. The SMILES string of the molecule is Cc1cc2c(/C(CCC(F)(F)F)=C3\N=C(c4ccc(C(C)(C)C)cc4)C=C3c3ccc(C(C)(C)C)cc3)[nH]c(-c3ccc(C(C)(C)C)cc3)c2cc1C. The third kappa shape index (κ3) is 8.15. The molecule has 6 rings (SSSR count). The quantitative estimate of drug-likeness (QED) is 0.181. The molecule has 0 saturated heterocycles. The second kappa shape index (κ2) is 13.6. The van der Waals surface area contributed by atoms with Crippen LogP contribution in [0.3, 0.4) is 0 Å². The highest BCUT2D eigenvalue weighted by Gasteiger charge is 2.32. The molecule has 0 bridgehead atoms. The number of nitrogens with one attached hydrogen (secondary N) is 1. The van der Waals surface area contributed by atoms with E-state index in [-0.39, 0.29) is 22.7 Å². The summed E-state index contributed by atoms with van der Waals surface area (Å²) in [6.07, 6.45) is -3.48. The largest absolute Gasteiger partial charge is 0.389 e. The van der Waals surface area contributed by atoms with Crippen molar-refractivity contribution >= 4 is 27.6 Å². The maximum atomic E-state index is 14.2. The Balaban J connectivity index is 1.63. The predicted molar refractivity (Wildman–Crippen MR) is 219 cm³/mol. The van der Waals surface area contributed by atoms with Gasteiger partial charge in [-0.05, 0) is 93.7 Å². The molecule has 1 aliphatic heterocycles. The van der Waals surface area contributed by atoms with Crippen LogP contribution in [0.1, 0.15) is 120 Å². The molecule has 2 heterocycles. The van der Waals surface area contributed by atoms with Crippen molar-refractivity contribution in [3.8, 4) is 11.3 Å². The molecule has 0 radical (unpaired) electrons. The Morgan fingerprint density at radius 1 is 0.585 bits per heavy atom. The van der Waals surface area contributed by atoms with E-state index in [1.807, 2.05) is 6.08 Å². The van der Waals surface area contributed by atoms with Crippen molar-refractivity contribution in [1.29, 1.82) is 0 Å². The Morgan fingerprint density at radius 3 is 1.47 bits per heavy atom. The molecule has 1 N–H and O–H groups in total. The zero-order chi connectivity index (χ0) is 38.7. The van der Waals surface area contributed by atoms with E-state index in [2.05, 4.69) is 166 Å². The first-order valence-corrected chi connectivity index (χ1v) is 18.7. The number of aromatic nitrogens is 1. The minimum Gasteiger partial charge on any atom is -0.354 e. The number of aliphatic imine (C=N–C) groups is 1. The van der Waals surface area contributed by atoms with Crippen molar-refractivity contribution in [1.82, 2.24) is 4.98 Å². The number of benzene rings is 4. The first kappa shape index (κ1) is 38.1. The summed E-state index contributed by atoms with van der Waals surface area (Å²) in [4.78, 5) is 8.93. The van der Waals surface area contributed by atoms with Gasteiger partial charge in [0, 0.05) is 33.9 Å². The lowest BCUT2D eigenvalue weighted by Gasteiger charge is -2.20. The Kier molecular flexibility index (Phi) is 9.81. The maximum Gasteiger partial charge on any atom is 0.389 e. The Labute approximate surface area is 314 Å². The van der Waals surface area contributed by atoms with E-state index in [4.69, 9.17) is 4.99 Å². The van der Waals surface area contributed by atoms with Crippen LogP contribution in [0.25, 0.3) is 33.2 Å². The van der Waals surface area contributed by atoms with Crippen LogP contribution in [-0.4, -0.2) is 16.9 Å². The fraction of sp³-hybridized carbons (Fsp3) is 0.354. The van der Waals surface area contributed by atoms with Gasteiger partial charge < -0.3 is 4.98 Å². The molecule has 0 amide bonds. The number of aryl methyl sites for hydroxylation is 2. The lowest BCUT2D eigenvalue weighted by atomic mass is 9.85. The number of rotatable bonds is 6. The molecule has 53 heavy (non-hydrogen) atoms. The molecular weight excluding hydrogens is 662 g/mol. The molecule has 2 nitrogen and oxygen atoms in total. The van der Waals surface area contributed by atoms with Gasteiger partial charge in [0.2, 0.25) is 0 Å². The van der Waals surface area contributed by atoms with Gasteiger partial charge in [-0.2, -0.15) is 13.2 Å². The fourth-order valence-electron chi connectivity index (χ4n) is 7.03. The van der Waals surface area contributed by atoms with Crippen molar-refractivity contribution in [3.63, 3.8) is 0 Å². The molecule has 0 atom stereocenters. The molecule has 0 saturated carbocycles. The van der Waals surface area contributed by atoms with Gasteiger partial charge >= 0.3 is 6.18 Å². The fourth-order valence-corrected chi connectivity index (χ4v) is 7.03. The lowest BCUT2D eigenvalue weighted by molar-refractivity contribution is -0.133. The molecular formula is C48H53F3N2. The number of hydrogen-bond acceptors (Lipinski definition) is 1. The molecule has 0 aliphatic carbocycles. The monoisotopic (exact) mass is 714 g/mol. The first-order valence-electron chi connectivity index (χ1n) is 18.7. The van der Waals surface area contributed by atoms with E-state index in [9.17, 15) is 13.2 Å². The standard InChI is InChI=1S/C48H53F3N2/c1-29-26-39-40(27-30(29)2)44(53-42(39)33-16-22-36(23-17-33)47(9,10)11)37(24-25-48(49,50)51)43-38(31-12-18-34(19-13-31)45(3,4)5)28-41(52-43)32-14-20-35(21-15-32)46(6,7)8/h12-23,26-28,53H,24-25H2,1-11H3/b43-37-. The van der Waals surface area contributed by atoms with Crippen LogP contribution in [0, 0.1) is 13.8 Å². The second-order valence-electron chi connectivity index (χ2n) is 17.8. The van der Waals surface area contributed by atoms with Gasteiger partial charge in [0.15, 0.2) is 0 Å². The molecule has 4 aromatic carbocycles. The highest BCUT2D eigenvalue weighted by Crippen LogP contribution is 2.44. The van der Waals surface area contributed by atoms with Gasteiger partial charge in [-0.3, -0.25) is 0 Å². The van der Waals surface area contributed by atoms with Gasteiger partial charge in [-0.1, -0.05) is 135 Å². The van der Waals surface area contributed by atoms with E-state index in [1.54, 1.807) is 0 Å². The summed E-state index contributed by atoms with van der Waals surface area (Å²) in [5.74, 6) is 0. The molecule has 1 aromatic heterocycles. The summed E-state index contributed by atoms with van der Waals surface area (Å²) >= 11 is 0. The third-order valence-electron chi connectivity index (χ3n) is 10.6. The molecule has 1 aliphatic rings. The predicted octanol–water partition coefficient (Wildman–Crippen LogP) is 14.0. The number of H-pyrrole nitrogens is 1. The summed E-state index contributed by atoms with van der Waals surface area (Å²) in [5.41, 5.74) is 12.8. The summed E-state index contributed by atoms with van der Waals surface area (Å²) in [5, 5.41) is 1.88. The number of alkyl halides is 3. The zero-order valence-corrected chi connectivity index (χ0v) is 33.2. The van der Waals surface area contributed by atoms with Crippen molar-refractivity contribution in [2.45, 2.75) is 111 Å². The molecule has 5 heteroatoms. The van der Waals surface area contributed by atoms with Crippen molar-refractivity contribution in [3.05, 3.63) is 141 Å². The van der Waals surface area contributed by atoms with Gasteiger partial charge in [-0.25, -0.2) is 4.99 Å². The number of hydrogen-bond donors (Lipinski definition) is 1. The molecule has 0 spiro atoms. The van der Waals surface area contributed by atoms with Crippen molar-refractivity contribution in [2.75, 3.05) is 0 Å². The average molecular weight is 715 g/mol. The van der Waals surface area contributed by atoms with E-state index >= 15 is 0 Å². The summed E-state index contributed by atoms with van der Waals surface area (Å²) < 4.78 is 42.7. The lowest BCUT2D eigenvalue weighted by Crippen LogP contribution is -2.11. The Hall–Kier alpha value is -4.64. The normalized spacial score (nSPS) is 15.2. The van der Waals surface area contributed by atoms with Crippen LogP contribution in [0.4, 0.5) is 13.2 Å². The summed E-state index contributed by atoms with van der Waals surface area (Å²) in [6, 6.07) is 29.6. The molecule has 0 fully saturated rings. The van der Waals surface area contributed by atoms with Crippen LogP contribution in [0.15, 0.2) is 102 Å². The second-order valence-corrected chi connectivity index (χ2v) is 17.8. The van der Waals surface area contributed by atoms with Crippen LogP contribution >= 0.6 is 0 Å². The summed E-state index contributed by atoms with van der Waals surface area (Å²) in [7, 11) is 0. The van der Waals surface area contributed by atoms with Crippen molar-refractivity contribution < 1.29 is 13.2 Å². The van der Waals surface area contributed by atoms with Crippen LogP contribution in [0.2, 0.25) is 0 Å². The van der Waals surface area contributed by atoms with E-state index < -0.39 is 12.6 Å². The molecule has 0 unspecified atom stereocenters. The highest BCUT2D eigenvalue weighted by atomic mass is 19.4. The minimum absolute atomic E-state index is 0.0105. The topological polar surface area (TPSA) is 28.1 Å². The van der Waals surface area contributed by atoms with Gasteiger partial charge in [0.05, 0.1) is 22.8 Å².